The van der Waals surface area contributed by atoms with Crippen molar-refractivity contribution in [1.29, 1.82) is 0 Å². The van der Waals surface area contributed by atoms with Crippen LogP contribution in [0.4, 0.5) is 0 Å². The summed E-state index contributed by atoms with van der Waals surface area (Å²) in [6, 6.07) is 0.259. The van der Waals surface area contributed by atoms with Crippen LogP contribution in [0.1, 0.15) is 84.0 Å². The predicted molar refractivity (Wildman–Crippen MR) is 115 cm³/mol. The van der Waals surface area contributed by atoms with Crippen molar-refractivity contribution in [2.75, 3.05) is 13.2 Å². The summed E-state index contributed by atoms with van der Waals surface area (Å²) in [6.45, 7) is 0.621. The molecule has 0 unspecified atom stereocenters. The molecule has 2 fully saturated rings. The van der Waals surface area contributed by atoms with Crippen molar-refractivity contribution in [3.63, 3.8) is 0 Å². The molecule has 0 aromatic rings. The summed E-state index contributed by atoms with van der Waals surface area (Å²) in [5.41, 5.74) is 0.0106. The van der Waals surface area contributed by atoms with E-state index in [1.165, 1.54) is 32.6 Å². The molecular formula is C23H36N2O6. The normalized spacial score (nSPS) is 18.9. The third kappa shape index (κ3) is 10.5. The zero-order chi connectivity index (χ0) is 22.5. The monoisotopic (exact) mass is 436 g/mol. The number of nitrogens with one attached hydrogen (secondary N) is 2. The topological polar surface area (TPSA) is 111 Å². The predicted octanol–water partition coefficient (Wildman–Crippen LogP) is 2.70. The molecule has 2 aliphatic carbocycles. The molecule has 2 rings (SSSR count). The van der Waals surface area contributed by atoms with Crippen LogP contribution in [0.15, 0.2) is 11.6 Å². The van der Waals surface area contributed by atoms with E-state index < -0.39 is 18.5 Å². The number of carbonyl (C=O) groups is 4. The van der Waals surface area contributed by atoms with Gasteiger partial charge in [0.05, 0.1) is 0 Å². The van der Waals surface area contributed by atoms with Gasteiger partial charge >= 0.3 is 11.9 Å². The second kappa shape index (κ2) is 13.8. The van der Waals surface area contributed by atoms with Gasteiger partial charge in [-0.25, -0.2) is 9.59 Å². The van der Waals surface area contributed by atoms with E-state index in [1.54, 1.807) is 0 Å². The first-order chi connectivity index (χ1) is 14.9. The number of rotatable bonds is 8. The van der Waals surface area contributed by atoms with E-state index in [-0.39, 0.29) is 36.1 Å². The molecule has 0 aromatic heterocycles. The van der Waals surface area contributed by atoms with Crippen molar-refractivity contribution in [2.45, 2.75) is 96.1 Å². The van der Waals surface area contributed by atoms with Crippen molar-refractivity contribution in [3.05, 3.63) is 11.6 Å². The lowest BCUT2D eigenvalue weighted by atomic mass is 10.1. The fourth-order valence-corrected chi connectivity index (χ4v) is 4.05. The van der Waals surface area contributed by atoms with Gasteiger partial charge in [0, 0.05) is 23.7 Å². The summed E-state index contributed by atoms with van der Waals surface area (Å²) in [4.78, 5) is 47.8. The molecule has 8 heteroatoms. The Kier molecular flexibility index (Phi) is 11.1. The molecule has 0 bridgehead atoms. The highest BCUT2D eigenvalue weighted by Gasteiger charge is 2.18. The van der Waals surface area contributed by atoms with Gasteiger partial charge in [-0.15, -0.1) is 0 Å². The molecule has 0 saturated heterocycles. The maximum absolute atomic E-state index is 12.0. The van der Waals surface area contributed by atoms with Crippen LogP contribution in [0.5, 0.6) is 0 Å². The van der Waals surface area contributed by atoms with Crippen molar-refractivity contribution in [2.24, 2.45) is 0 Å². The summed E-state index contributed by atoms with van der Waals surface area (Å²) < 4.78 is 9.89. The zero-order valence-corrected chi connectivity index (χ0v) is 18.6. The second-order valence-corrected chi connectivity index (χ2v) is 8.52. The summed E-state index contributed by atoms with van der Waals surface area (Å²) in [6.07, 6.45) is 13.8. The third-order valence-corrected chi connectivity index (χ3v) is 5.78. The van der Waals surface area contributed by atoms with E-state index in [2.05, 4.69) is 10.6 Å². The van der Waals surface area contributed by atoms with Gasteiger partial charge in [-0.05, 0) is 32.6 Å². The molecule has 0 aliphatic heterocycles. The maximum Gasteiger partial charge on any atom is 0.334 e. The SMILES string of the molecule is C/C(=C\C(=O)OCC(=O)NC1CCCCCC1)C(=O)OCC(=O)NC1CCCCCC1. The Labute approximate surface area is 184 Å². The quantitative estimate of drug-likeness (QED) is 0.344. The molecule has 2 N–H and O–H groups in total. The Balaban J connectivity index is 1.65. The molecule has 0 spiro atoms. The maximum atomic E-state index is 12.0. The minimum atomic E-state index is -0.798. The Morgan fingerprint density at radius 1 is 0.710 bits per heavy atom. The Morgan fingerprint density at radius 2 is 1.13 bits per heavy atom. The van der Waals surface area contributed by atoms with E-state index in [4.69, 9.17) is 9.47 Å². The van der Waals surface area contributed by atoms with Crippen LogP contribution in [0.2, 0.25) is 0 Å². The number of hydrogen-bond donors (Lipinski definition) is 2. The van der Waals surface area contributed by atoms with Crippen LogP contribution in [0.25, 0.3) is 0 Å². The van der Waals surface area contributed by atoms with E-state index >= 15 is 0 Å². The van der Waals surface area contributed by atoms with Gasteiger partial charge in [0.25, 0.3) is 11.8 Å². The number of ether oxygens (including phenoxy) is 2. The molecule has 0 aromatic carbocycles. The standard InChI is InChI=1S/C23H36N2O6/c1-17(23(29)31-16-21(27)25-19-12-8-4-5-9-13-19)14-22(28)30-15-20(26)24-18-10-6-2-3-7-11-18/h14,18-19H,2-13,15-16H2,1H3,(H,24,26)(H,25,27)/b17-14+. The molecule has 174 valence electrons. The molecule has 0 atom stereocenters. The number of amides is 2. The lowest BCUT2D eigenvalue weighted by Gasteiger charge is -2.16. The largest absolute Gasteiger partial charge is 0.452 e. The van der Waals surface area contributed by atoms with Gasteiger partial charge in [0.1, 0.15) is 0 Å². The van der Waals surface area contributed by atoms with Crippen molar-refractivity contribution < 1.29 is 28.7 Å². The van der Waals surface area contributed by atoms with Crippen LogP contribution in [-0.4, -0.2) is 49.1 Å². The highest BCUT2D eigenvalue weighted by molar-refractivity contribution is 5.97. The van der Waals surface area contributed by atoms with Crippen LogP contribution >= 0.6 is 0 Å². The molecule has 31 heavy (non-hydrogen) atoms. The summed E-state index contributed by atoms with van der Waals surface area (Å²) in [7, 11) is 0. The van der Waals surface area contributed by atoms with Gasteiger partial charge < -0.3 is 20.1 Å². The minimum Gasteiger partial charge on any atom is -0.452 e. The smallest absolute Gasteiger partial charge is 0.334 e. The Hall–Kier alpha value is -2.38. The van der Waals surface area contributed by atoms with E-state index in [0.717, 1.165) is 57.4 Å². The number of esters is 2. The number of hydrogen-bond acceptors (Lipinski definition) is 6. The first-order valence-electron chi connectivity index (χ1n) is 11.5. The Morgan fingerprint density at radius 3 is 1.58 bits per heavy atom. The van der Waals surface area contributed by atoms with Crippen LogP contribution in [-0.2, 0) is 28.7 Å². The highest BCUT2D eigenvalue weighted by Crippen LogP contribution is 2.18. The van der Waals surface area contributed by atoms with Gasteiger partial charge in [0.15, 0.2) is 13.2 Å². The molecule has 0 heterocycles. The average Bonchev–Trinajstić information content (AvgIpc) is 3.15. The number of carbonyl (C=O) groups excluding carboxylic acids is 4. The van der Waals surface area contributed by atoms with E-state index in [0.29, 0.717) is 0 Å². The first-order valence-corrected chi connectivity index (χ1v) is 11.5. The van der Waals surface area contributed by atoms with Crippen LogP contribution in [0.3, 0.4) is 0 Å². The Bertz CT molecular complexity index is 644. The molecule has 0 radical (unpaired) electrons. The van der Waals surface area contributed by atoms with Gasteiger partial charge in [-0.2, -0.15) is 0 Å². The summed E-state index contributed by atoms with van der Waals surface area (Å²) in [5, 5.41) is 5.78. The first kappa shape index (κ1) is 24.9. The lowest BCUT2D eigenvalue weighted by Crippen LogP contribution is -2.37. The second-order valence-electron chi connectivity index (χ2n) is 8.52. The van der Waals surface area contributed by atoms with Gasteiger partial charge in [0.2, 0.25) is 0 Å². The molecule has 2 saturated carbocycles. The lowest BCUT2D eigenvalue weighted by molar-refractivity contribution is -0.146. The molecule has 2 amide bonds. The fourth-order valence-electron chi connectivity index (χ4n) is 4.05. The van der Waals surface area contributed by atoms with Crippen molar-refractivity contribution in [1.82, 2.24) is 10.6 Å². The van der Waals surface area contributed by atoms with Crippen molar-refractivity contribution in [3.8, 4) is 0 Å². The van der Waals surface area contributed by atoms with Gasteiger partial charge in [-0.3, -0.25) is 9.59 Å². The minimum absolute atomic E-state index is 0.0106. The summed E-state index contributed by atoms with van der Waals surface area (Å²) in [5.74, 6) is -2.25. The van der Waals surface area contributed by atoms with E-state index in [9.17, 15) is 19.2 Å². The van der Waals surface area contributed by atoms with Crippen molar-refractivity contribution >= 4 is 23.8 Å². The summed E-state index contributed by atoms with van der Waals surface area (Å²) >= 11 is 0. The zero-order valence-electron chi connectivity index (χ0n) is 18.6. The average molecular weight is 437 g/mol. The van der Waals surface area contributed by atoms with Crippen LogP contribution < -0.4 is 10.6 Å². The molecular weight excluding hydrogens is 400 g/mol. The van der Waals surface area contributed by atoms with Gasteiger partial charge in [-0.1, -0.05) is 51.4 Å². The van der Waals surface area contributed by atoms with Crippen LogP contribution in [0, 0.1) is 0 Å². The molecule has 8 nitrogen and oxygen atoms in total. The fraction of sp³-hybridized carbons (Fsp3) is 0.739. The third-order valence-electron chi connectivity index (χ3n) is 5.78. The van der Waals surface area contributed by atoms with E-state index in [1.807, 2.05) is 0 Å². The molecule has 2 aliphatic rings. The highest BCUT2D eigenvalue weighted by atomic mass is 16.5.